The molecule has 4 nitrogen and oxygen atoms in total. The lowest BCUT2D eigenvalue weighted by atomic mass is 9.79. The number of hydrogen-bond acceptors (Lipinski definition) is 3. The van der Waals surface area contributed by atoms with Gasteiger partial charge in [-0.05, 0) is 25.2 Å². The summed E-state index contributed by atoms with van der Waals surface area (Å²) in [7, 11) is 0. The van der Waals surface area contributed by atoms with E-state index >= 15 is 0 Å². The molecule has 0 saturated heterocycles. The quantitative estimate of drug-likeness (QED) is 0.517. The molecule has 1 aliphatic carbocycles. The predicted molar refractivity (Wildman–Crippen MR) is 81.9 cm³/mol. The number of aliphatic carboxylic acids is 1. The van der Waals surface area contributed by atoms with Crippen LogP contribution in [0.15, 0.2) is 11.6 Å². The number of hydrogen-bond donors (Lipinski definition) is 1. The van der Waals surface area contributed by atoms with Crippen molar-refractivity contribution >= 4 is 11.9 Å². The van der Waals surface area contributed by atoms with Crippen LogP contribution in [-0.2, 0) is 14.3 Å². The molecule has 0 amide bonds. The SMILES string of the molecule is CCCCCCCCOC(=O)C1=CCCC(C)C1C(=O)O. The molecule has 1 rings (SSSR count). The Bertz CT molecular complexity index is 373. The van der Waals surface area contributed by atoms with Gasteiger partial charge in [-0.25, -0.2) is 4.79 Å². The summed E-state index contributed by atoms with van der Waals surface area (Å²) in [4.78, 5) is 23.3. The summed E-state index contributed by atoms with van der Waals surface area (Å²) in [6.45, 7) is 4.45. The van der Waals surface area contributed by atoms with Crippen LogP contribution in [0, 0.1) is 11.8 Å². The molecule has 21 heavy (non-hydrogen) atoms. The Morgan fingerprint density at radius 1 is 1.24 bits per heavy atom. The minimum atomic E-state index is -0.926. The van der Waals surface area contributed by atoms with Gasteiger partial charge >= 0.3 is 11.9 Å². The molecule has 0 aromatic heterocycles. The van der Waals surface area contributed by atoms with Gasteiger partial charge in [0.1, 0.15) is 0 Å². The average molecular weight is 296 g/mol. The minimum absolute atomic E-state index is 0.0101. The monoisotopic (exact) mass is 296 g/mol. The second-order valence-electron chi connectivity index (χ2n) is 5.93. The molecule has 4 heteroatoms. The Morgan fingerprint density at radius 2 is 1.90 bits per heavy atom. The molecule has 2 unspecified atom stereocenters. The molecule has 120 valence electrons. The fourth-order valence-corrected chi connectivity index (χ4v) is 2.82. The number of carboxylic acid groups (broad SMARTS) is 1. The van der Waals surface area contributed by atoms with Crippen molar-refractivity contribution in [2.75, 3.05) is 6.61 Å². The molecule has 0 bridgehead atoms. The van der Waals surface area contributed by atoms with Gasteiger partial charge in [0.2, 0.25) is 0 Å². The van der Waals surface area contributed by atoms with Crippen molar-refractivity contribution in [2.45, 2.75) is 65.2 Å². The smallest absolute Gasteiger partial charge is 0.334 e. The van der Waals surface area contributed by atoms with Crippen molar-refractivity contribution in [3.8, 4) is 0 Å². The van der Waals surface area contributed by atoms with Crippen molar-refractivity contribution in [3.63, 3.8) is 0 Å². The van der Waals surface area contributed by atoms with Gasteiger partial charge in [0.05, 0.1) is 12.5 Å². The second-order valence-corrected chi connectivity index (χ2v) is 5.93. The maximum absolute atomic E-state index is 12.0. The normalized spacial score (nSPS) is 21.7. The second kappa shape index (κ2) is 9.59. The summed E-state index contributed by atoms with van der Waals surface area (Å²) in [6, 6.07) is 0. The molecular weight excluding hydrogens is 268 g/mol. The summed E-state index contributed by atoms with van der Waals surface area (Å²) >= 11 is 0. The lowest BCUT2D eigenvalue weighted by Gasteiger charge is -2.25. The van der Waals surface area contributed by atoms with Gasteiger partial charge in [-0.2, -0.15) is 0 Å². The largest absolute Gasteiger partial charge is 0.481 e. The first-order valence-corrected chi connectivity index (χ1v) is 8.17. The Kier molecular flexibility index (Phi) is 8.09. The first kappa shape index (κ1) is 17.7. The maximum Gasteiger partial charge on any atom is 0.334 e. The van der Waals surface area contributed by atoms with E-state index in [2.05, 4.69) is 6.92 Å². The summed E-state index contributed by atoms with van der Waals surface area (Å²) in [6.07, 6.45) is 10.1. The van der Waals surface area contributed by atoms with E-state index in [0.29, 0.717) is 12.2 Å². The van der Waals surface area contributed by atoms with Crippen molar-refractivity contribution in [2.24, 2.45) is 11.8 Å². The van der Waals surface area contributed by atoms with Crippen LogP contribution >= 0.6 is 0 Å². The average Bonchev–Trinajstić information content (AvgIpc) is 2.45. The number of rotatable bonds is 9. The van der Waals surface area contributed by atoms with Crippen LogP contribution in [0.4, 0.5) is 0 Å². The van der Waals surface area contributed by atoms with Gasteiger partial charge in [0.25, 0.3) is 0 Å². The van der Waals surface area contributed by atoms with Crippen LogP contribution in [0.25, 0.3) is 0 Å². The van der Waals surface area contributed by atoms with Crippen LogP contribution in [0.5, 0.6) is 0 Å². The zero-order chi connectivity index (χ0) is 15.7. The molecule has 1 aliphatic rings. The molecule has 0 aromatic rings. The van der Waals surface area contributed by atoms with E-state index in [1.165, 1.54) is 25.7 Å². The summed E-state index contributed by atoms with van der Waals surface area (Å²) in [5, 5.41) is 9.27. The van der Waals surface area contributed by atoms with E-state index < -0.39 is 17.9 Å². The number of allylic oxidation sites excluding steroid dienone is 1. The third-order valence-electron chi connectivity index (χ3n) is 4.12. The van der Waals surface area contributed by atoms with Crippen molar-refractivity contribution in [3.05, 3.63) is 11.6 Å². The van der Waals surface area contributed by atoms with E-state index in [0.717, 1.165) is 25.7 Å². The van der Waals surface area contributed by atoms with Crippen molar-refractivity contribution < 1.29 is 19.4 Å². The highest BCUT2D eigenvalue weighted by Crippen LogP contribution is 2.31. The number of carboxylic acids is 1. The summed E-state index contributed by atoms with van der Waals surface area (Å²) < 4.78 is 5.25. The summed E-state index contributed by atoms with van der Waals surface area (Å²) in [5.74, 6) is -2.09. The number of unbranched alkanes of at least 4 members (excludes halogenated alkanes) is 5. The van der Waals surface area contributed by atoms with Gasteiger partial charge in [0, 0.05) is 5.57 Å². The van der Waals surface area contributed by atoms with E-state index in [9.17, 15) is 14.7 Å². The number of esters is 1. The van der Waals surface area contributed by atoms with Crippen LogP contribution in [0.2, 0.25) is 0 Å². The minimum Gasteiger partial charge on any atom is -0.481 e. The lowest BCUT2D eigenvalue weighted by Crippen LogP contribution is -2.31. The molecule has 2 atom stereocenters. The standard InChI is InChI=1S/C17H28O4/c1-3-4-5-6-7-8-12-21-17(20)14-11-9-10-13(2)15(14)16(18)19/h11,13,15H,3-10,12H2,1-2H3,(H,18,19). The fourth-order valence-electron chi connectivity index (χ4n) is 2.82. The van der Waals surface area contributed by atoms with Gasteiger partial charge in [-0.1, -0.05) is 52.0 Å². The van der Waals surface area contributed by atoms with Crippen LogP contribution in [-0.4, -0.2) is 23.7 Å². The van der Waals surface area contributed by atoms with Gasteiger partial charge in [-0.3, -0.25) is 4.79 Å². The van der Waals surface area contributed by atoms with Crippen molar-refractivity contribution in [1.82, 2.24) is 0 Å². The van der Waals surface area contributed by atoms with Gasteiger partial charge in [0.15, 0.2) is 0 Å². The number of carbonyl (C=O) groups is 2. The van der Waals surface area contributed by atoms with E-state index in [-0.39, 0.29) is 5.92 Å². The van der Waals surface area contributed by atoms with Crippen LogP contribution in [0.1, 0.15) is 65.2 Å². The molecule has 0 heterocycles. The highest BCUT2D eigenvalue weighted by Gasteiger charge is 2.35. The number of ether oxygens (including phenoxy) is 1. The molecule has 1 N–H and O–H groups in total. The van der Waals surface area contributed by atoms with Gasteiger partial charge in [-0.15, -0.1) is 0 Å². The van der Waals surface area contributed by atoms with Crippen LogP contribution < -0.4 is 0 Å². The first-order chi connectivity index (χ1) is 10.1. The number of carbonyl (C=O) groups excluding carboxylic acids is 1. The topological polar surface area (TPSA) is 63.6 Å². The predicted octanol–water partition coefficient (Wildman–Crippen LogP) is 3.95. The Morgan fingerprint density at radius 3 is 2.57 bits per heavy atom. The van der Waals surface area contributed by atoms with E-state index in [1.807, 2.05) is 6.92 Å². The van der Waals surface area contributed by atoms with E-state index in [1.54, 1.807) is 6.08 Å². The molecule has 0 radical (unpaired) electrons. The molecule has 0 spiro atoms. The van der Waals surface area contributed by atoms with E-state index in [4.69, 9.17) is 4.74 Å². The van der Waals surface area contributed by atoms with Gasteiger partial charge < -0.3 is 9.84 Å². The Hall–Kier alpha value is -1.32. The fraction of sp³-hybridized carbons (Fsp3) is 0.765. The molecule has 0 aromatic carbocycles. The Labute approximate surface area is 127 Å². The third kappa shape index (κ3) is 5.90. The highest BCUT2D eigenvalue weighted by molar-refractivity contribution is 5.95. The molecular formula is C17H28O4. The van der Waals surface area contributed by atoms with Crippen molar-refractivity contribution in [1.29, 1.82) is 0 Å². The zero-order valence-electron chi connectivity index (χ0n) is 13.3. The lowest BCUT2D eigenvalue weighted by molar-refractivity contribution is -0.148. The Balaban J connectivity index is 2.33. The van der Waals surface area contributed by atoms with Crippen LogP contribution in [0.3, 0.4) is 0 Å². The summed E-state index contributed by atoms with van der Waals surface area (Å²) in [5.41, 5.74) is 0.340. The maximum atomic E-state index is 12.0. The first-order valence-electron chi connectivity index (χ1n) is 8.17. The zero-order valence-corrected chi connectivity index (χ0v) is 13.3. The highest BCUT2D eigenvalue weighted by atomic mass is 16.5. The molecule has 0 fully saturated rings. The molecule has 0 aliphatic heterocycles. The molecule has 0 saturated carbocycles. The third-order valence-corrected chi connectivity index (χ3v) is 4.12.